The number of thiophene rings is 1. The van der Waals surface area contributed by atoms with Crippen LogP contribution in [0.15, 0.2) is 33.8 Å². The van der Waals surface area contributed by atoms with Crippen molar-refractivity contribution in [2.45, 2.75) is 13.3 Å². The van der Waals surface area contributed by atoms with Gasteiger partial charge < -0.3 is 4.42 Å². The highest BCUT2D eigenvalue weighted by molar-refractivity contribution is 7.08. The van der Waals surface area contributed by atoms with E-state index in [0.717, 1.165) is 16.7 Å². The van der Waals surface area contributed by atoms with Crippen LogP contribution in [-0.4, -0.2) is 5.78 Å². The quantitative estimate of drug-likeness (QED) is 0.722. The van der Waals surface area contributed by atoms with Gasteiger partial charge in [-0.15, -0.1) is 0 Å². The fourth-order valence-corrected chi connectivity index (χ4v) is 2.17. The van der Waals surface area contributed by atoms with E-state index in [1.165, 1.54) is 0 Å². The summed E-state index contributed by atoms with van der Waals surface area (Å²) in [6.45, 7) is 1.96. The van der Waals surface area contributed by atoms with Crippen LogP contribution in [0.2, 0.25) is 0 Å². The van der Waals surface area contributed by atoms with Gasteiger partial charge in [0.05, 0.1) is 12.5 Å². The van der Waals surface area contributed by atoms with E-state index in [-0.39, 0.29) is 5.78 Å². The summed E-state index contributed by atoms with van der Waals surface area (Å²) in [6.07, 6.45) is 3.62. The molecular weight excluding hydrogens is 196 g/mol. The molecule has 0 bridgehead atoms. The molecule has 0 saturated heterocycles. The minimum atomic E-state index is 0.158. The standard InChI is InChI=1S/C11H10O2S/c1-8-6-14-7-10(8)11(12)4-9-2-3-13-5-9/h2-3,5-7H,4H2,1H3. The fourth-order valence-electron chi connectivity index (χ4n) is 1.32. The Balaban J connectivity index is 2.14. The third-order valence-corrected chi connectivity index (χ3v) is 2.96. The van der Waals surface area contributed by atoms with Crippen LogP contribution in [0.3, 0.4) is 0 Å². The van der Waals surface area contributed by atoms with Crippen molar-refractivity contribution in [1.82, 2.24) is 0 Å². The zero-order chi connectivity index (χ0) is 9.97. The molecule has 0 aliphatic carbocycles. The number of aryl methyl sites for hydroxylation is 1. The van der Waals surface area contributed by atoms with Gasteiger partial charge in [0.15, 0.2) is 5.78 Å². The van der Waals surface area contributed by atoms with Gasteiger partial charge in [0, 0.05) is 17.4 Å². The van der Waals surface area contributed by atoms with E-state index in [0.29, 0.717) is 6.42 Å². The van der Waals surface area contributed by atoms with Gasteiger partial charge in [-0.05, 0) is 29.5 Å². The summed E-state index contributed by atoms with van der Waals surface area (Å²) in [5.41, 5.74) is 2.82. The molecule has 0 aromatic carbocycles. The molecule has 72 valence electrons. The summed E-state index contributed by atoms with van der Waals surface area (Å²) in [7, 11) is 0. The van der Waals surface area contributed by atoms with E-state index >= 15 is 0 Å². The predicted molar refractivity (Wildman–Crippen MR) is 55.8 cm³/mol. The van der Waals surface area contributed by atoms with Gasteiger partial charge in [0.2, 0.25) is 0 Å². The van der Waals surface area contributed by atoms with Crippen LogP contribution in [0.1, 0.15) is 21.5 Å². The van der Waals surface area contributed by atoms with Gasteiger partial charge in [0.1, 0.15) is 0 Å². The van der Waals surface area contributed by atoms with Crippen molar-refractivity contribution < 1.29 is 9.21 Å². The van der Waals surface area contributed by atoms with Crippen LogP contribution < -0.4 is 0 Å². The van der Waals surface area contributed by atoms with Crippen LogP contribution in [0.25, 0.3) is 0 Å². The van der Waals surface area contributed by atoms with Gasteiger partial charge in [-0.1, -0.05) is 0 Å². The van der Waals surface area contributed by atoms with Gasteiger partial charge >= 0.3 is 0 Å². The molecule has 0 amide bonds. The predicted octanol–water partition coefficient (Wildman–Crippen LogP) is 3.07. The zero-order valence-electron chi connectivity index (χ0n) is 7.82. The number of carbonyl (C=O) groups excluding carboxylic acids is 1. The normalized spacial score (nSPS) is 10.4. The molecule has 2 aromatic heterocycles. The maximum absolute atomic E-state index is 11.8. The molecule has 0 radical (unpaired) electrons. The smallest absolute Gasteiger partial charge is 0.168 e. The minimum absolute atomic E-state index is 0.158. The van der Waals surface area contributed by atoms with Crippen LogP contribution in [-0.2, 0) is 6.42 Å². The number of hydrogen-bond acceptors (Lipinski definition) is 3. The summed E-state index contributed by atoms with van der Waals surface area (Å²) in [5, 5.41) is 3.89. The monoisotopic (exact) mass is 206 g/mol. The Labute approximate surface area is 86.2 Å². The molecule has 0 spiro atoms. The van der Waals surface area contributed by atoms with Gasteiger partial charge in [-0.2, -0.15) is 11.3 Å². The molecule has 2 nitrogen and oxygen atoms in total. The van der Waals surface area contributed by atoms with Gasteiger partial charge in [-0.25, -0.2) is 0 Å². The molecular formula is C11H10O2S. The second kappa shape index (κ2) is 3.80. The zero-order valence-corrected chi connectivity index (χ0v) is 8.64. The average molecular weight is 206 g/mol. The van der Waals surface area contributed by atoms with E-state index in [1.807, 2.05) is 23.8 Å². The highest BCUT2D eigenvalue weighted by Crippen LogP contribution is 2.16. The number of carbonyl (C=O) groups is 1. The summed E-state index contributed by atoms with van der Waals surface area (Å²) >= 11 is 1.56. The summed E-state index contributed by atoms with van der Waals surface area (Å²) in [6, 6.07) is 1.82. The third-order valence-electron chi connectivity index (χ3n) is 2.10. The van der Waals surface area contributed by atoms with Crippen molar-refractivity contribution in [3.05, 3.63) is 46.0 Å². The number of ketones is 1. The number of hydrogen-bond donors (Lipinski definition) is 0. The topological polar surface area (TPSA) is 30.2 Å². The largest absolute Gasteiger partial charge is 0.472 e. The van der Waals surface area contributed by atoms with E-state index in [4.69, 9.17) is 4.42 Å². The minimum Gasteiger partial charge on any atom is -0.472 e. The Morgan fingerprint density at radius 3 is 2.93 bits per heavy atom. The van der Waals surface area contributed by atoms with Gasteiger partial charge in [-0.3, -0.25) is 4.79 Å². The summed E-state index contributed by atoms with van der Waals surface area (Å²) in [4.78, 5) is 11.8. The van der Waals surface area contributed by atoms with E-state index in [2.05, 4.69) is 0 Å². The van der Waals surface area contributed by atoms with Crippen LogP contribution >= 0.6 is 11.3 Å². The third kappa shape index (κ3) is 1.77. The Bertz CT molecular complexity index is 426. The molecule has 0 atom stereocenters. The lowest BCUT2D eigenvalue weighted by molar-refractivity contribution is 0.0992. The van der Waals surface area contributed by atoms with Crippen molar-refractivity contribution >= 4 is 17.1 Å². The molecule has 0 unspecified atom stereocenters. The van der Waals surface area contributed by atoms with Crippen LogP contribution in [0.5, 0.6) is 0 Å². The Morgan fingerprint density at radius 1 is 1.50 bits per heavy atom. The highest BCUT2D eigenvalue weighted by atomic mass is 32.1. The second-order valence-corrected chi connectivity index (χ2v) is 3.94. The Morgan fingerprint density at radius 2 is 2.36 bits per heavy atom. The van der Waals surface area contributed by atoms with Crippen molar-refractivity contribution in [2.24, 2.45) is 0 Å². The maximum Gasteiger partial charge on any atom is 0.168 e. The molecule has 0 saturated carbocycles. The molecule has 2 aromatic rings. The number of Topliss-reactive ketones (excluding diaryl/α,β-unsaturated/α-hetero) is 1. The Hall–Kier alpha value is -1.35. The van der Waals surface area contributed by atoms with E-state index in [1.54, 1.807) is 23.9 Å². The average Bonchev–Trinajstić information content (AvgIpc) is 2.75. The number of furan rings is 1. The lowest BCUT2D eigenvalue weighted by Gasteiger charge is -1.96. The van der Waals surface area contributed by atoms with Crippen molar-refractivity contribution in [3.63, 3.8) is 0 Å². The maximum atomic E-state index is 11.8. The van der Waals surface area contributed by atoms with Crippen LogP contribution in [0.4, 0.5) is 0 Å². The van der Waals surface area contributed by atoms with Crippen molar-refractivity contribution in [1.29, 1.82) is 0 Å². The Kier molecular flexibility index (Phi) is 2.50. The fraction of sp³-hybridized carbons (Fsp3) is 0.182. The lowest BCUT2D eigenvalue weighted by atomic mass is 10.1. The molecule has 14 heavy (non-hydrogen) atoms. The molecule has 0 aliphatic rings. The number of rotatable bonds is 3. The van der Waals surface area contributed by atoms with Crippen LogP contribution in [0, 0.1) is 6.92 Å². The van der Waals surface area contributed by atoms with E-state index < -0.39 is 0 Å². The summed E-state index contributed by atoms with van der Waals surface area (Å²) < 4.78 is 4.91. The first kappa shape index (κ1) is 9.21. The van der Waals surface area contributed by atoms with Gasteiger partial charge in [0.25, 0.3) is 0 Å². The second-order valence-electron chi connectivity index (χ2n) is 3.20. The van der Waals surface area contributed by atoms with Crippen molar-refractivity contribution in [3.8, 4) is 0 Å². The molecule has 3 heteroatoms. The van der Waals surface area contributed by atoms with Crippen molar-refractivity contribution in [2.75, 3.05) is 0 Å². The summed E-state index contributed by atoms with van der Waals surface area (Å²) in [5.74, 6) is 0.158. The van der Waals surface area contributed by atoms with E-state index in [9.17, 15) is 4.79 Å². The first-order valence-corrected chi connectivity index (χ1v) is 5.28. The molecule has 0 N–H and O–H groups in total. The molecule has 2 heterocycles. The lowest BCUT2D eigenvalue weighted by Crippen LogP contribution is -2.02. The molecule has 2 rings (SSSR count). The first-order chi connectivity index (χ1) is 6.77. The first-order valence-electron chi connectivity index (χ1n) is 4.34. The molecule has 0 aliphatic heterocycles. The highest BCUT2D eigenvalue weighted by Gasteiger charge is 2.10. The SMILES string of the molecule is Cc1cscc1C(=O)Cc1ccoc1. The molecule has 0 fully saturated rings.